The summed E-state index contributed by atoms with van der Waals surface area (Å²) in [6.07, 6.45) is 0. The van der Waals surface area contributed by atoms with Crippen molar-refractivity contribution in [2.24, 2.45) is 4.99 Å². The van der Waals surface area contributed by atoms with Crippen molar-refractivity contribution in [2.75, 3.05) is 13.1 Å². The van der Waals surface area contributed by atoms with Crippen LogP contribution in [-0.2, 0) is 0 Å². The van der Waals surface area contributed by atoms with Gasteiger partial charge in [-0.05, 0) is 0 Å². The second-order valence-corrected chi connectivity index (χ2v) is 6.84. The van der Waals surface area contributed by atoms with Crippen molar-refractivity contribution >= 4 is 59.1 Å². The molecule has 1 atom stereocenters. The van der Waals surface area contributed by atoms with E-state index in [0.29, 0.717) is 0 Å². The molecule has 1 aromatic carbocycles. The summed E-state index contributed by atoms with van der Waals surface area (Å²) in [6.45, 7) is 1.82. The number of aliphatic imine (C=N–C) groups is 1. The number of halogens is 1. The summed E-state index contributed by atoms with van der Waals surface area (Å²) in [6, 6.07) is 3.82. The minimum atomic E-state index is -0.510. The molecule has 0 saturated carbocycles. The van der Waals surface area contributed by atoms with E-state index in [-0.39, 0.29) is 0 Å². The molecule has 1 unspecified atom stereocenters. The van der Waals surface area contributed by atoms with Gasteiger partial charge >= 0.3 is 108 Å². The van der Waals surface area contributed by atoms with Crippen LogP contribution in [0.1, 0.15) is 0 Å². The standard InChI is InChI=1S/C9H8AsClN4S/c11-5-1-2-6-8(15-16-14-6)7(5)10-9-12-3-4-13-9/h1-2,10H,3-4H2,(H,12,13). The molecule has 1 aliphatic heterocycles. The molecule has 2 aromatic rings. The number of rotatable bonds is 2. The minimum absolute atomic E-state index is 0.510. The molecule has 1 aliphatic rings. The van der Waals surface area contributed by atoms with E-state index in [0.717, 1.165) is 38.1 Å². The number of nitrogens with one attached hydrogen (secondary N) is 1. The topological polar surface area (TPSA) is 50.2 Å². The van der Waals surface area contributed by atoms with Crippen molar-refractivity contribution in [3.63, 3.8) is 0 Å². The van der Waals surface area contributed by atoms with Crippen molar-refractivity contribution < 1.29 is 0 Å². The van der Waals surface area contributed by atoms with Gasteiger partial charge in [-0.2, -0.15) is 0 Å². The second-order valence-electron chi connectivity index (χ2n) is 3.34. The molecule has 3 rings (SSSR count). The first kappa shape index (κ1) is 10.5. The van der Waals surface area contributed by atoms with E-state index in [2.05, 4.69) is 19.1 Å². The van der Waals surface area contributed by atoms with Gasteiger partial charge in [0.15, 0.2) is 0 Å². The Balaban J connectivity index is 2.06. The average molecular weight is 315 g/mol. The molecule has 1 aromatic heterocycles. The van der Waals surface area contributed by atoms with Crippen LogP contribution >= 0.6 is 23.3 Å². The maximum absolute atomic E-state index is 6.22. The Labute approximate surface area is 108 Å². The Kier molecular flexibility index (Phi) is 2.84. The van der Waals surface area contributed by atoms with E-state index >= 15 is 0 Å². The van der Waals surface area contributed by atoms with Gasteiger partial charge in [0.1, 0.15) is 0 Å². The van der Waals surface area contributed by atoms with E-state index in [1.54, 1.807) is 0 Å². The fraction of sp³-hybridized carbons (Fsp3) is 0.222. The van der Waals surface area contributed by atoms with Crippen LogP contribution < -0.4 is 9.67 Å². The number of benzene rings is 1. The summed E-state index contributed by atoms with van der Waals surface area (Å²) in [5, 5.41) is 4.08. The zero-order valence-corrected chi connectivity index (χ0v) is 11.9. The number of amidine groups is 1. The van der Waals surface area contributed by atoms with Crippen LogP contribution in [0, 0.1) is 0 Å². The Hall–Kier alpha value is -0.642. The van der Waals surface area contributed by atoms with Crippen molar-refractivity contribution in [3.8, 4) is 0 Å². The van der Waals surface area contributed by atoms with Gasteiger partial charge < -0.3 is 0 Å². The van der Waals surface area contributed by atoms with Gasteiger partial charge in [0.25, 0.3) is 0 Å². The molecule has 0 amide bonds. The fourth-order valence-corrected chi connectivity index (χ4v) is 5.06. The predicted octanol–water partition coefficient (Wildman–Crippen LogP) is 0.366. The molecule has 0 spiro atoms. The van der Waals surface area contributed by atoms with E-state index in [9.17, 15) is 0 Å². The van der Waals surface area contributed by atoms with E-state index in [1.165, 1.54) is 11.7 Å². The van der Waals surface area contributed by atoms with E-state index < -0.39 is 15.8 Å². The van der Waals surface area contributed by atoms with Crippen LogP contribution in [0.25, 0.3) is 11.0 Å². The molecule has 1 N–H and O–H groups in total. The summed E-state index contributed by atoms with van der Waals surface area (Å²) in [4.78, 5) is 4.42. The Bertz CT molecular complexity index is 568. The third kappa shape index (κ3) is 1.83. The number of fused-ring (bicyclic) bond motifs is 1. The average Bonchev–Trinajstić information content (AvgIpc) is 2.92. The normalized spacial score (nSPS) is 15.9. The summed E-state index contributed by atoms with van der Waals surface area (Å²) in [5.41, 5.74) is 1.89. The molecule has 0 bridgehead atoms. The molecular formula is C9H8AsClN4S. The maximum atomic E-state index is 6.22. The quantitative estimate of drug-likeness (QED) is 0.815. The van der Waals surface area contributed by atoms with Gasteiger partial charge in [-0.15, -0.1) is 0 Å². The van der Waals surface area contributed by atoms with Crippen molar-refractivity contribution in [3.05, 3.63) is 17.2 Å². The SMILES string of the molecule is Clc1ccc2nsnc2c1[AsH]C1=NCCN1. The molecule has 0 fully saturated rings. The van der Waals surface area contributed by atoms with Crippen LogP contribution in [0.2, 0.25) is 5.02 Å². The second kappa shape index (κ2) is 4.32. The van der Waals surface area contributed by atoms with Crippen LogP contribution in [-0.4, -0.2) is 42.2 Å². The molecule has 7 heteroatoms. The van der Waals surface area contributed by atoms with Crippen molar-refractivity contribution in [2.45, 2.75) is 0 Å². The van der Waals surface area contributed by atoms with Gasteiger partial charge in [0, 0.05) is 0 Å². The molecule has 82 valence electrons. The molecular weight excluding hydrogens is 307 g/mol. The summed E-state index contributed by atoms with van der Waals surface area (Å²) >= 11 is 6.95. The summed E-state index contributed by atoms with van der Waals surface area (Å²) in [7, 11) is 0. The molecule has 4 nitrogen and oxygen atoms in total. The Morgan fingerprint density at radius 3 is 3.12 bits per heavy atom. The Morgan fingerprint density at radius 1 is 1.38 bits per heavy atom. The van der Waals surface area contributed by atoms with Crippen LogP contribution in [0.15, 0.2) is 17.1 Å². The molecule has 0 saturated heterocycles. The number of nitrogens with zero attached hydrogens (tertiary/aromatic N) is 3. The monoisotopic (exact) mass is 314 g/mol. The van der Waals surface area contributed by atoms with Gasteiger partial charge in [-0.1, -0.05) is 0 Å². The molecule has 2 heterocycles. The molecule has 0 radical (unpaired) electrons. The third-order valence-corrected chi connectivity index (χ3v) is 6.27. The van der Waals surface area contributed by atoms with Crippen LogP contribution in [0.4, 0.5) is 0 Å². The van der Waals surface area contributed by atoms with Crippen LogP contribution in [0.3, 0.4) is 0 Å². The van der Waals surface area contributed by atoms with Gasteiger partial charge in [-0.25, -0.2) is 0 Å². The fourth-order valence-electron chi connectivity index (χ4n) is 1.55. The van der Waals surface area contributed by atoms with Gasteiger partial charge in [0.05, 0.1) is 0 Å². The first-order valence-corrected chi connectivity index (χ1v) is 8.01. The first-order valence-electron chi connectivity index (χ1n) is 4.81. The van der Waals surface area contributed by atoms with Gasteiger partial charge in [-0.3, -0.25) is 0 Å². The third-order valence-electron chi connectivity index (χ3n) is 2.29. The number of hydrogen-bond acceptors (Lipinski definition) is 5. The van der Waals surface area contributed by atoms with E-state index in [1.807, 2.05) is 12.1 Å². The zero-order chi connectivity index (χ0) is 11.0. The van der Waals surface area contributed by atoms with Crippen molar-refractivity contribution in [1.82, 2.24) is 14.1 Å². The summed E-state index contributed by atoms with van der Waals surface area (Å²) < 4.78 is 10.8. The van der Waals surface area contributed by atoms with Gasteiger partial charge in [0.2, 0.25) is 0 Å². The van der Waals surface area contributed by atoms with Crippen LogP contribution in [0.5, 0.6) is 0 Å². The molecule has 16 heavy (non-hydrogen) atoms. The number of aromatic nitrogens is 2. The first-order chi connectivity index (χ1) is 7.84. The summed E-state index contributed by atoms with van der Waals surface area (Å²) in [5.74, 6) is 0. The van der Waals surface area contributed by atoms with E-state index in [4.69, 9.17) is 11.6 Å². The number of hydrogen-bond donors (Lipinski definition) is 1. The zero-order valence-electron chi connectivity index (χ0n) is 8.20. The molecule has 0 aliphatic carbocycles. The Morgan fingerprint density at radius 2 is 2.31 bits per heavy atom. The predicted molar refractivity (Wildman–Crippen MR) is 69.5 cm³/mol. The van der Waals surface area contributed by atoms with Crippen molar-refractivity contribution in [1.29, 1.82) is 0 Å².